The molecular formula is C19H30. The van der Waals surface area contributed by atoms with Crippen molar-refractivity contribution in [3.05, 3.63) is 67.0 Å². The zero-order valence-electron chi connectivity index (χ0n) is 13.0. The Labute approximate surface area is 120 Å². The molecule has 19 heavy (non-hydrogen) atoms. The van der Waals surface area contributed by atoms with Gasteiger partial charge in [0.1, 0.15) is 0 Å². The fourth-order valence-corrected chi connectivity index (χ4v) is 1.25. The Balaban J connectivity index is 0. The molecule has 0 saturated heterocycles. The highest BCUT2D eigenvalue weighted by Crippen LogP contribution is 2.05. The molecule has 106 valence electrons. The van der Waals surface area contributed by atoms with Crippen molar-refractivity contribution in [3.8, 4) is 0 Å². The summed E-state index contributed by atoms with van der Waals surface area (Å²) >= 11 is 0. The maximum absolute atomic E-state index is 3.82. The van der Waals surface area contributed by atoms with Crippen molar-refractivity contribution in [1.82, 2.24) is 0 Å². The van der Waals surface area contributed by atoms with Gasteiger partial charge in [-0.05, 0) is 59.0 Å². The van der Waals surface area contributed by atoms with Gasteiger partial charge in [-0.1, -0.05) is 55.2 Å². The first-order valence-electron chi connectivity index (χ1n) is 6.97. The second kappa shape index (κ2) is 16.5. The second-order valence-electron chi connectivity index (χ2n) is 4.59. The molecule has 0 radical (unpaired) electrons. The highest BCUT2D eigenvalue weighted by molar-refractivity contribution is 5.11. The van der Waals surface area contributed by atoms with Crippen LogP contribution in [0.1, 0.15) is 52.9 Å². The van der Waals surface area contributed by atoms with Crippen LogP contribution in [0.25, 0.3) is 0 Å². The molecule has 0 fully saturated rings. The fourth-order valence-electron chi connectivity index (χ4n) is 1.25. The number of hydrogen-bond acceptors (Lipinski definition) is 0. The largest absolute Gasteiger partial charge is 0.133 e. The van der Waals surface area contributed by atoms with Crippen LogP contribution < -0.4 is 0 Å². The lowest BCUT2D eigenvalue weighted by Crippen LogP contribution is -1.74. The first-order valence-corrected chi connectivity index (χ1v) is 6.97. The first kappa shape index (κ1) is 19.8. The van der Waals surface area contributed by atoms with Gasteiger partial charge in [0.25, 0.3) is 0 Å². The molecule has 0 aromatic rings. The van der Waals surface area contributed by atoms with E-state index >= 15 is 0 Å². The monoisotopic (exact) mass is 258 g/mol. The van der Waals surface area contributed by atoms with Crippen LogP contribution in [0.5, 0.6) is 0 Å². The van der Waals surface area contributed by atoms with E-state index in [1.807, 2.05) is 19.1 Å². The van der Waals surface area contributed by atoms with Crippen molar-refractivity contribution in [2.75, 3.05) is 0 Å². The van der Waals surface area contributed by atoms with E-state index < -0.39 is 0 Å². The van der Waals surface area contributed by atoms with E-state index in [-0.39, 0.29) is 0 Å². The summed E-state index contributed by atoms with van der Waals surface area (Å²) < 4.78 is 0. The van der Waals surface area contributed by atoms with E-state index in [1.165, 1.54) is 18.4 Å². The minimum Gasteiger partial charge on any atom is -0.133 e. The number of hydrogen-bond donors (Lipinski definition) is 0. The van der Waals surface area contributed by atoms with Gasteiger partial charge in [0.15, 0.2) is 0 Å². The van der Waals surface area contributed by atoms with Crippen LogP contribution in [-0.2, 0) is 0 Å². The van der Waals surface area contributed by atoms with Gasteiger partial charge in [0.2, 0.25) is 0 Å². The third kappa shape index (κ3) is 22.2. The molecule has 0 unspecified atom stereocenters. The second-order valence-corrected chi connectivity index (χ2v) is 4.59. The van der Waals surface area contributed by atoms with Gasteiger partial charge in [-0.25, -0.2) is 0 Å². The van der Waals surface area contributed by atoms with Crippen LogP contribution in [-0.4, -0.2) is 0 Å². The summed E-state index contributed by atoms with van der Waals surface area (Å²) in [6.07, 6.45) is 15.9. The molecule has 0 aliphatic carbocycles. The lowest BCUT2D eigenvalue weighted by molar-refractivity contribution is 0.868. The Hall–Kier alpha value is -1.52. The topological polar surface area (TPSA) is 0 Å². The third-order valence-corrected chi connectivity index (χ3v) is 2.41. The van der Waals surface area contributed by atoms with E-state index in [1.54, 1.807) is 0 Å². The molecule has 0 aromatic carbocycles. The summed E-state index contributed by atoms with van der Waals surface area (Å²) in [5.41, 5.74) is 5.24. The summed E-state index contributed by atoms with van der Waals surface area (Å²) in [6, 6.07) is 0. The maximum atomic E-state index is 3.82. The fraction of sp³-hybridized carbons (Fsp3) is 0.421. The Morgan fingerprint density at radius 2 is 1.84 bits per heavy atom. The average molecular weight is 258 g/mol. The molecule has 0 N–H and O–H groups in total. The molecule has 0 amide bonds. The molecule has 0 heteroatoms. The molecule has 0 heterocycles. The van der Waals surface area contributed by atoms with Gasteiger partial charge in [-0.15, -0.1) is 5.73 Å². The standard InChI is InChI=1S/C10H16.C9H14/c1-5-10(4)8-6-7-9(2)3;1-3-5-7-9-8-6-4-2/h5,7H,1,4,6,8H2,2-3H3;4-6H,1,7-9H2,2H3. The van der Waals surface area contributed by atoms with Crippen LogP contribution in [0.15, 0.2) is 67.0 Å². The first-order chi connectivity index (χ1) is 9.08. The van der Waals surface area contributed by atoms with Crippen molar-refractivity contribution in [2.45, 2.75) is 52.9 Å². The normalized spacial score (nSPS) is 9.00. The Bertz CT molecular complexity index is 329. The van der Waals surface area contributed by atoms with Crippen molar-refractivity contribution < 1.29 is 0 Å². The van der Waals surface area contributed by atoms with E-state index in [4.69, 9.17) is 0 Å². The Kier molecular flexibility index (Phi) is 17.2. The SMILES string of the molecule is C=C=CCCCC=CC.C=CC(=C)CCC=C(C)C. The van der Waals surface area contributed by atoms with Crippen molar-refractivity contribution in [3.63, 3.8) is 0 Å². The molecule has 0 saturated carbocycles. The predicted octanol–water partition coefficient (Wildman–Crippen LogP) is 6.55. The number of allylic oxidation sites excluding steroid dienone is 7. The van der Waals surface area contributed by atoms with Gasteiger partial charge in [-0.3, -0.25) is 0 Å². The van der Waals surface area contributed by atoms with E-state index in [2.05, 4.69) is 57.5 Å². The third-order valence-electron chi connectivity index (χ3n) is 2.41. The molecular weight excluding hydrogens is 228 g/mol. The van der Waals surface area contributed by atoms with E-state index in [0.717, 1.165) is 24.8 Å². The quantitative estimate of drug-likeness (QED) is 0.200. The lowest BCUT2D eigenvalue weighted by Gasteiger charge is -1.94. The van der Waals surface area contributed by atoms with Crippen LogP contribution >= 0.6 is 0 Å². The summed E-state index contributed by atoms with van der Waals surface area (Å²) in [5, 5.41) is 0. The van der Waals surface area contributed by atoms with Gasteiger partial charge in [0.05, 0.1) is 0 Å². The molecule has 0 aliphatic rings. The van der Waals surface area contributed by atoms with Gasteiger partial charge in [0, 0.05) is 0 Å². The molecule has 0 spiro atoms. The Morgan fingerprint density at radius 1 is 1.16 bits per heavy atom. The minimum absolute atomic E-state index is 1.04. The van der Waals surface area contributed by atoms with Crippen molar-refractivity contribution >= 4 is 0 Å². The van der Waals surface area contributed by atoms with E-state index in [0.29, 0.717) is 0 Å². The van der Waals surface area contributed by atoms with Crippen LogP contribution in [0.3, 0.4) is 0 Å². The van der Waals surface area contributed by atoms with Gasteiger partial charge in [-0.2, -0.15) is 0 Å². The molecule has 0 bridgehead atoms. The predicted molar refractivity (Wildman–Crippen MR) is 90.4 cm³/mol. The highest BCUT2D eigenvalue weighted by atomic mass is 13.9. The van der Waals surface area contributed by atoms with Crippen molar-refractivity contribution in [1.29, 1.82) is 0 Å². The summed E-state index contributed by atoms with van der Waals surface area (Å²) in [7, 11) is 0. The molecule has 0 nitrogen and oxygen atoms in total. The minimum atomic E-state index is 1.04. The van der Waals surface area contributed by atoms with Gasteiger partial charge < -0.3 is 0 Å². The molecule has 0 aromatic heterocycles. The number of unbranched alkanes of at least 4 members (excludes halogenated alkanes) is 2. The molecule has 0 aliphatic heterocycles. The summed E-state index contributed by atoms with van der Waals surface area (Å²) in [6.45, 7) is 17.2. The van der Waals surface area contributed by atoms with Crippen LogP contribution in [0.2, 0.25) is 0 Å². The average Bonchev–Trinajstić information content (AvgIpc) is 2.39. The highest BCUT2D eigenvalue weighted by Gasteiger charge is 1.84. The van der Waals surface area contributed by atoms with Crippen LogP contribution in [0, 0.1) is 0 Å². The number of rotatable bonds is 8. The maximum Gasteiger partial charge on any atom is -0.0250 e. The zero-order valence-corrected chi connectivity index (χ0v) is 13.0. The molecule has 0 rings (SSSR count). The van der Waals surface area contributed by atoms with Crippen molar-refractivity contribution in [2.24, 2.45) is 0 Å². The summed E-state index contributed by atoms with van der Waals surface area (Å²) in [4.78, 5) is 0. The zero-order chi connectivity index (χ0) is 14.9. The smallest absolute Gasteiger partial charge is 0.0250 e. The van der Waals surface area contributed by atoms with Gasteiger partial charge >= 0.3 is 0 Å². The Morgan fingerprint density at radius 3 is 2.32 bits per heavy atom. The lowest BCUT2D eigenvalue weighted by atomic mass is 10.1. The van der Waals surface area contributed by atoms with Crippen LogP contribution in [0.4, 0.5) is 0 Å². The molecule has 0 atom stereocenters. The van der Waals surface area contributed by atoms with E-state index in [9.17, 15) is 0 Å². The summed E-state index contributed by atoms with van der Waals surface area (Å²) in [5.74, 6) is 0.